The molecule has 0 atom stereocenters. The predicted molar refractivity (Wildman–Crippen MR) is 137 cm³/mol. The van der Waals surface area contributed by atoms with Crippen LogP contribution in [-0.4, -0.2) is 28.4 Å². The molecule has 4 aromatic carbocycles. The molecule has 0 aliphatic rings. The van der Waals surface area contributed by atoms with Gasteiger partial charge in [0.2, 0.25) is 0 Å². The summed E-state index contributed by atoms with van der Waals surface area (Å²) >= 11 is 0. The first-order valence-electron chi connectivity index (χ1n) is 10.6. The van der Waals surface area contributed by atoms with Crippen molar-refractivity contribution in [2.75, 3.05) is 28.4 Å². The van der Waals surface area contributed by atoms with Crippen molar-refractivity contribution in [2.45, 2.75) is 0 Å². The van der Waals surface area contributed by atoms with Gasteiger partial charge in [-0.2, -0.15) is 0 Å². The molecule has 0 heterocycles. The molecule has 0 saturated carbocycles. The van der Waals surface area contributed by atoms with Crippen LogP contribution in [0.2, 0.25) is 0 Å². The molecule has 0 aliphatic carbocycles. The van der Waals surface area contributed by atoms with E-state index in [-0.39, 0.29) is 24.0 Å². The number of benzene rings is 4. The van der Waals surface area contributed by atoms with E-state index in [4.69, 9.17) is 18.9 Å². The van der Waals surface area contributed by atoms with E-state index < -0.39 is 7.26 Å². The lowest BCUT2D eigenvalue weighted by atomic mass is 10.3. The molecular formula is C28H28IO4P. The van der Waals surface area contributed by atoms with Crippen LogP contribution in [0.1, 0.15) is 0 Å². The molecule has 0 unspecified atom stereocenters. The SMILES string of the molecule is COc1ccc([P+](c2ccc(OC)cc2)(c2ccc(OC)cc2)c2ccc(OC)cc2)cc1.[I-]. The van der Waals surface area contributed by atoms with Crippen molar-refractivity contribution in [1.29, 1.82) is 0 Å². The van der Waals surface area contributed by atoms with Crippen LogP contribution in [0.5, 0.6) is 23.0 Å². The summed E-state index contributed by atoms with van der Waals surface area (Å²) in [5.74, 6) is 3.32. The molecule has 4 aromatic rings. The second kappa shape index (κ2) is 11.6. The third-order valence-electron chi connectivity index (χ3n) is 5.84. The molecule has 4 nitrogen and oxygen atoms in total. The van der Waals surface area contributed by atoms with Gasteiger partial charge in [-0.25, -0.2) is 0 Å². The van der Waals surface area contributed by atoms with Crippen LogP contribution < -0.4 is 64.1 Å². The highest BCUT2D eigenvalue weighted by Gasteiger charge is 2.48. The molecular weight excluding hydrogens is 558 g/mol. The number of ether oxygens (including phenoxy) is 4. The Morgan fingerprint density at radius 3 is 0.676 bits per heavy atom. The fraction of sp³-hybridized carbons (Fsp3) is 0.143. The molecule has 0 aromatic heterocycles. The maximum atomic E-state index is 5.45. The van der Waals surface area contributed by atoms with E-state index in [1.165, 1.54) is 21.2 Å². The summed E-state index contributed by atoms with van der Waals surface area (Å²) in [4.78, 5) is 0. The Morgan fingerprint density at radius 2 is 0.529 bits per heavy atom. The minimum atomic E-state index is -2.25. The number of hydrogen-bond acceptors (Lipinski definition) is 4. The smallest absolute Gasteiger partial charge is 0.144 e. The Bertz CT molecular complexity index is 980. The Morgan fingerprint density at radius 1 is 0.353 bits per heavy atom. The summed E-state index contributed by atoms with van der Waals surface area (Å²) in [6.45, 7) is 0. The lowest BCUT2D eigenvalue weighted by Crippen LogP contribution is -3.00. The van der Waals surface area contributed by atoms with Gasteiger partial charge in [-0.1, -0.05) is 0 Å². The summed E-state index contributed by atoms with van der Waals surface area (Å²) in [6.07, 6.45) is 0. The topological polar surface area (TPSA) is 36.9 Å². The normalized spacial score (nSPS) is 10.7. The Hall–Kier alpha value is -2.76. The lowest BCUT2D eigenvalue weighted by Gasteiger charge is -2.28. The predicted octanol–water partition coefficient (Wildman–Crippen LogP) is 1.34. The van der Waals surface area contributed by atoms with Gasteiger partial charge in [0.1, 0.15) is 51.5 Å². The van der Waals surface area contributed by atoms with E-state index in [9.17, 15) is 0 Å². The van der Waals surface area contributed by atoms with Gasteiger partial charge >= 0.3 is 0 Å². The van der Waals surface area contributed by atoms with Crippen LogP contribution in [0.3, 0.4) is 0 Å². The van der Waals surface area contributed by atoms with E-state index in [1.807, 2.05) is 48.5 Å². The highest BCUT2D eigenvalue weighted by molar-refractivity contribution is 8.01. The number of methoxy groups -OCH3 is 4. The van der Waals surface area contributed by atoms with Crippen LogP contribution in [0.15, 0.2) is 97.1 Å². The third kappa shape index (κ3) is 4.86. The van der Waals surface area contributed by atoms with Gasteiger partial charge in [0.05, 0.1) is 28.4 Å². The Kier molecular flexibility index (Phi) is 8.81. The largest absolute Gasteiger partial charge is 1.00 e. The van der Waals surface area contributed by atoms with E-state index in [0.717, 1.165) is 23.0 Å². The quantitative estimate of drug-likeness (QED) is 0.231. The van der Waals surface area contributed by atoms with Crippen molar-refractivity contribution in [3.05, 3.63) is 97.1 Å². The van der Waals surface area contributed by atoms with Gasteiger partial charge in [-0.3, -0.25) is 0 Å². The van der Waals surface area contributed by atoms with Crippen molar-refractivity contribution in [3.63, 3.8) is 0 Å². The minimum absolute atomic E-state index is 0. The lowest BCUT2D eigenvalue weighted by molar-refractivity contribution is -0.00000771. The average molecular weight is 586 g/mol. The van der Waals surface area contributed by atoms with Crippen molar-refractivity contribution < 1.29 is 42.9 Å². The first-order valence-corrected chi connectivity index (χ1v) is 12.4. The highest BCUT2D eigenvalue weighted by Crippen LogP contribution is 2.54. The van der Waals surface area contributed by atoms with E-state index in [1.54, 1.807) is 28.4 Å². The molecule has 0 fully saturated rings. The van der Waals surface area contributed by atoms with E-state index in [2.05, 4.69) is 48.5 Å². The molecule has 4 rings (SSSR count). The first-order chi connectivity index (χ1) is 16.1. The minimum Gasteiger partial charge on any atom is -1.00 e. The van der Waals surface area contributed by atoms with Crippen LogP contribution in [0, 0.1) is 0 Å². The van der Waals surface area contributed by atoms with Crippen molar-refractivity contribution in [1.82, 2.24) is 0 Å². The standard InChI is InChI=1S/C28H28O4P.HI/c1-29-21-5-13-25(14-6-21)33(26-15-7-22(30-2)8-16-26,27-17-9-23(31-3)10-18-27)28-19-11-24(32-4)12-20-28;/h5-20H,1-4H3;1H/q+1;/p-1. The van der Waals surface area contributed by atoms with Crippen LogP contribution >= 0.6 is 7.26 Å². The summed E-state index contributed by atoms with van der Waals surface area (Å²) in [5, 5.41) is 4.90. The number of halogens is 1. The molecule has 6 heteroatoms. The van der Waals surface area contributed by atoms with Gasteiger partial charge in [0.15, 0.2) is 0 Å². The molecule has 0 radical (unpaired) electrons. The Balaban J connectivity index is 0.00000324. The Labute approximate surface area is 219 Å². The van der Waals surface area contributed by atoms with Gasteiger partial charge in [0, 0.05) is 0 Å². The summed E-state index contributed by atoms with van der Waals surface area (Å²) < 4.78 is 21.8. The zero-order valence-electron chi connectivity index (χ0n) is 19.7. The van der Waals surface area contributed by atoms with Crippen LogP contribution in [0.4, 0.5) is 0 Å². The first kappa shape index (κ1) is 25.9. The zero-order chi connectivity index (χ0) is 23.3. The van der Waals surface area contributed by atoms with Crippen molar-refractivity contribution >= 4 is 28.5 Å². The monoisotopic (exact) mass is 586 g/mol. The van der Waals surface area contributed by atoms with Gasteiger partial charge in [-0.15, -0.1) is 0 Å². The molecule has 0 aliphatic heterocycles. The zero-order valence-corrected chi connectivity index (χ0v) is 22.7. The van der Waals surface area contributed by atoms with Gasteiger partial charge in [0.25, 0.3) is 0 Å². The summed E-state index contributed by atoms with van der Waals surface area (Å²) in [6, 6.07) is 33.6. The van der Waals surface area contributed by atoms with E-state index in [0.29, 0.717) is 0 Å². The highest BCUT2D eigenvalue weighted by atomic mass is 127. The van der Waals surface area contributed by atoms with Gasteiger partial charge < -0.3 is 42.9 Å². The molecule has 0 bridgehead atoms. The summed E-state index contributed by atoms with van der Waals surface area (Å²) in [5.41, 5.74) is 0. The number of rotatable bonds is 8. The van der Waals surface area contributed by atoms with E-state index >= 15 is 0 Å². The average Bonchev–Trinajstić information content (AvgIpc) is 2.90. The van der Waals surface area contributed by atoms with Crippen molar-refractivity contribution in [3.8, 4) is 23.0 Å². The maximum absolute atomic E-state index is 5.45. The molecule has 0 saturated heterocycles. The molecule has 176 valence electrons. The van der Waals surface area contributed by atoms with Crippen LogP contribution in [-0.2, 0) is 0 Å². The molecule has 0 N–H and O–H groups in total. The fourth-order valence-corrected chi connectivity index (χ4v) is 8.29. The fourth-order valence-electron chi connectivity index (χ4n) is 4.12. The van der Waals surface area contributed by atoms with Crippen LogP contribution in [0.25, 0.3) is 0 Å². The molecule has 34 heavy (non-hydrogen) atoms. The summed E-state index contributed by atoms with van der Waals surface area (Å²) in [7, 11) is 4.50. The van der Waals surface area contributed by atoms with Crippen molar-refractivity contribution in [2.24, 2.45) is 0 Å². The second-order valence-corrected chi connectivity index (χ2v) is 10.9. The molecule has 0 spiro atoms. The maximum Gasteiger partial charge on any atom is 0.144 e. The van der Waals surface area contributed by atoms with Gasteiger partial charge in [-0.05, 0) is 97.1 Å². The second-order valence-electron chi connectivity index (χ2n) is 7.46. The molecule has 0 amide bonds. The third-order valence-corrected chi connectivity index (χ3v) is 10.1. The number of hydrogen-bond donors (Lipinski definition) is 0.